The molecular formula is C13H17N3O4. The molecule has 20 heavy (non-hydrogen) atoms. The Labute approximate surface area is 116 Å². The molecule has 0 N–H and O–H groups in total. The number of nitrogens with zero attached hydrogens (tertiary/aromatic N) is 3. The Morgan fingerprint density at radius 2 is 2.25 bits per heavy atom. The summed E-state index contributed by atoms with van der Waals surface area (Å²) in [5.41, 5.74) is 0.431. The van der Waals surface area contributed by atoms with E-state index in [4.69, 9.17) is 9.47 Å². The molecule has 1 unspecified atom stereocenters. The fourth-order valence-corrected chi connectivity index (χ4v) is 2.76. The van der Waals surface area contributed by atoms with Crippen molar-refractivity contribution in [2.24, 2.45) is 0 Å². The average Bonchev–Trinajstić information content (AvgIpc) is 3.12. The van der Waals surface area contributed by atoms with E-state index in [1.165, 1.54) is 13.3 Å². The van der Waals surface area contributed by atoms with Gasteiger partial charge in [0.25, 0.3) is 5.91 Å². The highest BCUT2D eigenvalue weighted by atomic mass is 16.5. The van der Waals surface area contributed by atoms with E-state index in [9.17, 15) is 9.59 Å². The molecule has 0 aliphatic carbocycles. The van der Waals surface area contributed by atoms with Gasteiger partial charge in [-0.2, -0.15) is 5.10 Å². The number of aromatic nitrogens is 2. The number of carbonyl (C=O) groups excluding carboxylic acids is 2. The van der Waals surface area contributed by atoms with Gasteiger partial charge in [-0.3, -0.25) is 4.79 Å². The van der Waals surface area contributed by atoms with Crippen LogP contribution >= 0.6 is 0 Å². The van der Waals surface area contributed by atoms with E-state index >= 15 is 0 Å². The van der Waals surface area contributed by atoms with Crippen LogP contribution < -0.4 is 4.74 Å². The van der Waals surface area contributed by atoms with Crippen molar-refractivity contribution in [3.05, 3.63) is 11.8 Å². The highest BCUT2D eigenvalue weighted by Gasteiger charge is 2.37. The number of hydrogen-bond donors (Lipinski definition) is 0. The maximum atomic E-state index is 12.6. The summed E-state index contributed by atoms with van der Waals surface area (Å²) in [6.07, 6.45) is 3.85. The minimum atomic E-state index is -0.494. The second-order valence-electron chi connectivity index (χ2n) is 4.97. The number of carbonyl (C=O) groups is 2. The highest BCUT2D eigenvalue weighted by molar-refractivity contribution is 5.98. The zero-order valence-electron chi connectivity index (χ0n) is 11.4. The predicted molar refractivity (Wildman–Crippen MR) is 68.4 cm³/mol. The zero-order valence-corrected chi connectivity index (χ0v) is 11.4. The molecule has 108 valence electrons. The van der Waals surface area contributed by atoms with E-state index in [1.807, 2.05) is 0 Å². The molecule has 1 atom stereocenters. The van der Waals surface area contributed by atoms with Crippen molar-refractivity contribution in [3.8, 4) is 5.88 Å². The molecule has 7 heteroatoms. The SMILES string of the molecule is COC(=O)C1CCCN1C(=O)c1cnn2c1OCCC2. The molecule has 3 heterocycles. The lowest BCUT2D eigenvalue weighted by Gasteiger charge is -2.23. The molecule has 1 aromatic heterocycles. The van der Waals surface area contributed by atoms with Gasteiger partial charge in [0.2, 0.25) is 5.88 Å². The number of amides is 1. The number of methoxy groups -OCH3 is 1. The van der Waals surface area contributed by atoms with Crippen LogP contribution in [0.5, 0.6) is 5.88 Å². The van der Waals surface area contributed by atoms with E-state index in [-0.39, 0.29) is 11.9 Å². The Bertz CT molecular complexity index is 540. The molecule has 3 rings (SSSR count). The van der Waals surface area contributed by atoms with Crippen LogP contribution in [0.1, 0.15) is 29.6 Å². The molecule has 1 aromatic rings. The molecule has 2 aliphatic rings. The molecule has 0 bridgehead atoms. The summed E-state index contributed by atoms with van der Waals surface area (Å²) in [6.45, 7) is 1.90. The van der Waals surface area contributed by atoms with E-state index < -0.39 is 6.04 Å². The van der Waals surface area contributed by atoms with Crippen LogP contribution in [-0.2, 0) is 16.1 Å². The Balaban J connectivity index is 1.85. The van der Waals surface area contributed by atoms with Crippen LogP contribution in [-0.4, -0.2) is 52.9 Å². The number of hydrogen-bond acceptors (Lipinski definition) is 5. The molecular weight excluding hydrogens is 262 g/mol. The van der Waals surface area contributed by atoms with Crippen molar-refractivity contribution >= 4 is 11.9 Å². The lowest BCUT2D eigenvalue weighted by molar-refractivity contribution is -0.145. The molecule has 1 fully saturated rings. The first-order valence-electron chi connectivity index (χ1n) is 6.80. The second kappa shape index (κ2) is 5.15. The van der Waals surface area contributed by atoms with Crippen LogP contribution in [0.3, 0.4) is 0 Å². The third-order valence-electron chi connectivity index (χ3n) is 3.76. The first-order chi connectivity index (χ1) is 9.72. The Morgan fingerprint density at radius 3 is 3.05 bits per heavy atom. The molecule has 1 amide bonds. The van der Waals surface area contributed by atoms with E-state index in [0.717, 1.165) is 19.4 Å². The Kier molecular flexibility index (Phi) is 3.33. The van der Waals surface area contributed by atoms with E-state index in [1.54, 1.807) is 9.58 Å². The summed E-state index contributed by atoms with van der Waals surface area (Å²) in [6, 6.07) is -0.494. The quantitative estimate of drug-likeness (QED) is 0.735. The minimum Gasteiger partial charge on any atom is -0.477 e. The normalized spacial score (nSPS) is 21.2. The van der Waals surface area contributed by atoms with Crippen molar-refractivity contribution in [3.63, 3.8) is 0 Å². The van der Waals surface area contributed by atoms with Gasteiger partial charge in [-0.25, -0.2) is 9.48 Å². The summed E-state index contributed by atoms with van der Waals surface area (Å²) >= 11 is 0. The fraction of sp³-hybridized carbons (Fsp3) is 0.615. The number of fused-ring (bicyclic) bond motifs is 1. The second-order valence-corrected chi connectivity index (χ2v) is 4.97. The van der Waals surface area contributed by atoms with E-state index in [2.05, 4.69) is 5.10 Å². The van der Waals surface area contributed by atoms with Crippen molar-refractivity contribution in [2.45, 2.75) is 31.8 Å². The lowest BCUT2D eigenvalue weighted by Crippen LogP contribution is -2.41. The maximum absolute atomic E-state index is 12.6. The Hall–Kier alpha value is -2.05. The van der Waals surface area contributed by atoms with E-state index in [0.29, 0.717) is 31.0 Å². The Morgan fingerprint density at radius 1 is 1.40 bits per heavy atom. The lowest BCUT2D eigenvalue weighted by atomic mass is 10.2. The number of aryl methyl sites for hydroxylation is 1. The molecule has 7 nitrogen and oxygen atoms in total. The molecule has 0 spiro atoms. The number of likely N-dealkylation sites (tertiary alicyclic amines) is 1. The van der Waals surface area contributed by atoms with Gasteiger partial charge in [0.05, 0.1) is 19.9 Å². The minimum absolute atomic E-state index is 0.207. The van der Waals surface area contributed by atoms with Crippen LogP contribution in [0, 0.1) is 0 Å². The number of rotatable bonds is 2. The summed E-state index contributed by atoms with van der Waals surface area (Å²) in [5.74, 6) is -0.0596. The molecule has 0 radical (unpaired) electrons. The number of ether oxygens (including phenoxy) is 2. The van der Waals surface area contributed by atoms with Crippen LogP contribution in [0.2, 0.25) is 0 Å². The van der Waals surface area contributed by atoms with Crippen molar-refractivity contribution in [2.75, 3.05) is 20.3 Å². The first-order valence-corrected chi connectivity index (χ1v) is 6.80. The van der Waals surface area contributed by atoms with Crippen molar-refractivity contribution in [1.29, 1.82) is 0 Å². The summed E-state index contributed by atoms with van der Waals surface area (Å²) < 4.78 is 12.0. The third kappa shape index (κ3) is 2.03. The van der Waals surface area contributed by atoms with Gasteiger partial charge in [-0.1, -0.05) is 0 Å². The monoisotopic (exact) mass is 279 g/mol. The molecule has 0 aromatic carbocycles. The molecule has 1 saturated heterocycles. The van der Waals surface area contributed by atoms with Gasteiger partial charge in [-0.05, 0) is 12.8 Å². The maximum Gasteiger partial charge on any atom is 0.328 e. The third-order valence-corrected chi connectivity index (χ3v) is 3.76. The smallest absolute Gasteiger partial charge is 0.328 e. The fourth-order valence-electron chi connectivity index (χ4n) is 2.76. The number of esters is 1. The van der Waals surface area contributed by atoms with Gasteiger partial charge in [-0.15, -0.1) is 0 Å². The van der Waals surface area contributed by atoms with Gasteiger partial charge >= 0.3 is 5.97 Å². The van der Waals surface area contributed by atoms with Crippen LogP contribution in [0.15, 0.2) is 6.20 Å². The standard InChI is InChI=1S/C13H17N3O4/c1-19-13(18)10-4-2-5-15(10)11(17)9-8-14-16-6-3-7-20-12(9)16/h8,10H,2-7H2,1H3. The largest absolute Gasteiger partial charge is 0.477 e. The van der Waals surface area contributed by atoms with Gasteiger partial charge < -0.3 is 14.4 Å². The van der Waals surface area contributed by atoms with Crippen LogP contribution in [0.25, 0.3) is 0 Å². The average molecular weight is 279 g/mol. The van der Waals surface area contributed by atoms with Crippen molar-refractivity contribution < 1.29 is 19.1 Å². The van der Waals surface area contributed by atoms with Gasteiger partial charge in [0.15, 0.2) is 0 Å². The topological polar surface area (TPSA) is 73.7 Å². The van der Waals surface area contributed by atoms with Gasteiger partial charge in [0, 0.05) is 19.5 Å². The van der Waals surface area contributed by atoms with Crippen LogP contribution in [0.4, 0.5) is 0 Å². The zero-order chi connectivity index (χ0) is 14.1. The van der Waals surface area contributed by atoms with Crippen molar-refractivity contribution in [1.82, 2.24) is 14.7 Å². The summed E-state index contributed by atoms with van der Waals surface area (Å²) in [5, 5.41) is 4.17. The molecule has 0 saturated carbocycles. The van der Waals surface area contributed by atoms with Gasteiger partial charge in [0.1, 0.15) is 11.6 Å². The first kappa shape index (κ1) is 13.0. The summed E-state index contributed by atoms with van der Waals surface area (Å²) in [4.78, 5) is 25.9. The highest BCUT2D eigenvalue weighted by Crippen LogP contribution is 2.27. The summed E-state index contributed by atoms with van der Waals surface area (Å²) in [7, 11) is 1.34. The molecule has 2 aliphatic heterocycles. The predicted octanol–water partition coefficient (Wildman–Crippen LogP) is 0.443.